The summed E-state index contributed by atoms with van der Waals surface area (Å²) >= 11 is 0. The predicted octanol–water partition coefficient (Wildman–Crippen LogP) is 3.38. The molecule has 0 bridgehead atoms. The van der Waals surface area contributed by atoms with Gasteiger partial charge in [0.25, 0.3) is 5.91 Å². The van der Waals surface area contributed by atoms with Crippen molar-refractivity contribution in [2.45, 2.75) is 6.18 Å². The zero-order valence-electron chi connectivity index (χ0n) is 14.1. The first kappa shape index (κ1) is 19.8. The summed E-state index contributed by atoms with van der Waals surface area (Å²) in [7, 11) is 1.42. The van der Waals surface area contributed by atoms with Crippen molar-refractivity contribution in [3.05, 3.63) is 59.2 Å². The van der Waals surface area contributed by atoms with Crippen molar-refractivity contribution in [1.82, 2.24) is 5.43 Å². The van der Waals surface area contributed by atoms with E-state index in [-0.39, 0.29) is 12.2 Å². The third kappa shape index (κ3) is 5.47. The van der Waals surface area contributed by atoms with Crippen LogP contribution >= 0.6 is 0 Å². The van der Waals surface area contributed by atoms with E-state index in [2.05, 4.69) is 10.5 Å². The number of halogens is 3. The Morgan fingerprint density at radius 2 is 2.04 bits per heavy atom. The van der Waals surface area contributed by atoms with Crippen molar-refractivity contribution in [3.8, 4) is 17.6 Å². The Hall–Kier alpha value is -3.54. The van der Waals surface area contributed by atoms with E-state index in [0.717, 1.165) is 18.2 Å². The number of benzene rings is 2. The molecule has 0 radical (unpaired) electrons. The van der Waals surface area contributed by atoms with Crippen LogP contribution in [0.4, 0.5) is 13.2 Å². The molecule has 6 nitrogen and oxygen atoms in total. The number of nitrogens with one attached hydrogen (secondary N) is 1. The second kappa shape index (κ2) is 8.71. The second-order valence-electron chi connectivity index (χ2n) is 5.13. The summed E-state index contributed by atoms with van der Waals surface area (Å²) < 4.78 is 48.4. The fraction of sp³-hybridized carbons (Fsp3) is 0.167. The monoisotopic (exact) mass is 377 g/mol. The molecule has 27 heavy (non-hydrogen) atoms. The van der Waals surface area contributed by atoms with Crippen LogP contribution in [0, 0.1) is 11.3 Å². The number of hydrogen-bond donors (Lipinski definition) is 1. The van der Waals surface area contributed by atoms with Gasteiger partial charge in [0.15, 0.2) is 18.1 Å². The van der Waals surface area contributed by atoms with Crippen molar-refractivity contribution in [2.75, 3.05) is 13.7 Å². The maximum absolute atomic E-state index is 12.7. The highest BCUT2D eigenvalue weighted by Gasteiger charge is 2.30. The molecule has 0 heterocycles. The smallest absolute Gasteiger partial charge is 0.416 e. The Morgan fingerprint density at radius 3 is 2.70 bits per heavy atom. The molecular formula is C18H14F3N3O3. The lowest BCUT2D eigenvalue weighted by Crippen LogP contribution is -2.18. The number of alkyl halides is 3. The number of hydrazone groups is 1. The van der Waals surface area contributed by atoms with Gasteiger partial charge in [0.1, 0.15) is 6.07 Å². The van der Waals surface area contributed by atoms with Crippen LogP contribution in [0.3, 0.4) is 0 Å². The Morgan fingerprint density at radius 1 is 1.26 bits per heavy atom. The summed E-state index contributed by atoms with van der Waals surface area (Å²) in [5.74, 6) is -0.0547. The molecule has 0 unspecified atom stereocenters. The predicted molar refractivity (Wildman–Crippen MR) is 90.6 cm³/mol. The normalized spacial score (nSPS) is 11.1. The van der Waals surface area contributed by atoms with E-state index in [4.69, 9.17) is 14.7 Å². The first-order valence-electron chi connectivity index (χ1n) is 7.53. The number of hydrogen-bond acceptors (Lipinski definition) is 5. The number of ether oxygens (including phenoxy) is 2. The fourth-order valence-corrected chi connectivity index (χ4v) is 2.06. The van der Waals surface area contributed by atoms with Crippen molar-refractivity contribution >= 4 is 12.1 Å². The molecule has 140 valence electrons. The van der Waals surface area contributed by atoms with Crippen molar-refractivity contribution < 1.29 is 27.4 Å². The average Bonchev–Trinajstić information content (AvgIpc) is 2.66. The van der Waals surface area contributed by atoms with Crippen LogP contribution in [0.5, 0.6) is 11.5 Å². The van der Waals surface area contributed by atoms with Crippen LogP contribution in [-0.4, -0.2) is 25.8 Å². The second-order valence-corrected chi connectivity index (χ2v) is 5.13. The fourth-order valence-electron chi connectivity index (χ4n) is 2.06. The molecule has 9 heteroatoms. The third-order valence-electron chi connectivity index (χ3n) is 3.31. The van der Waals surface area contributed by atoms with Gasteiger partial charge in [-0.15, -0.1) is 0 Å². The molecule has 0 atom stereocenters. The largest absolute Gasteiger partial charge is 0.493 e. The minimum absolute atomic E-state index is 0.142. The first-order chi connectivity index (χ1) is 12.8. The Balaban J connectivity index is 2.07. The lowest BCUT2D eigenvalue weighted by atomic mass is 10.1. The Bertz CT molecular complexity index is 889. The minimum atomic E-state index is -4.54. The van der Waals surface area contributed by atoms with Gasteiger partial charge in [0, 0.05) is 5.56 Å². The van der Waals surface area contributed by atoms with E-state index in [0.29, 0.717) is 17.1 Å². The van der Waals surface area contributed by atoms with E-state index in [1.54, 1.807) is 18.2 Å². The van der Waals surface area contributed by atoms with Crippen LogP contribution in [-0.2, 0) is 6.18 Å². The van der Waals surface area contributed by atoms with Gasteiger partial charge in [0.05, 0.1) is 18.9 Å². The molecule has 0 saturated carbocycles. The molecule has 0 saturated heterocycles. The van der Waals surface area contributed by atoms with Crippen molar-refractivity contribution in [2.24, 2.45) is 5.10 Å². The molecule has 2 aromatic carbocycles. The van der Waals surface area contributed by atoms with Gasteiger partial charge in [-0.25, -0.2) is 5.43 Å². The molecule has 0 aliphatic rings. The number of amides is 1. The maximum Gasteiger partial charge on any atom is 0.416 e. The number of nitriles is 1. The summed E-state index contributed by atoms with van der Waals surface area (Å²) in [6, 6.07) is 10.6. The van der Waals surface area contributed by atoms with Gasteiger partial charge in [-0.1, -0.05) is 6.07 Å². The number of carbonyl (C=O) groups is 1. The summed E-state index contributed by atoms with van der Waals surface area (Å²) in [5, 5.41) is 12.3. The molecule has 0 aliphatic carbocycles. The molecule has 1 amide bonds. The van der Waals surface area contributed by atoms with E-state index >= 15 is 0 Å². The van der Waals surface area contributed by atoms with E-state index in [9.17, 15) is 18.0 Å². The Labute approximate surface area is 152 Å². The van der Waals surface area contributed by atoms with E-state index in [1.165, 1.54) is 19.4 Å². The number of methoxy groups -OCH3 is 1. The van der Waals surface area contributed by atoms with Crippen LogP contribution in [0.2, 0.25) is 0 Å². The molecule has 0 aliphatic heterocycles. The SMILES string of the molecule is COc1cc(/C=N\NC(=O)c2cccc(C(F)(F)F)c2)ccc1OCC#N. The van der Waals surface area contributed by atoms with E-state index in [1.807, 2.05) is 6.07 Å². The molecule has 1 N–H and O–H groups in total. The summed E-state index contributed by atoms with van der Waals surface area (Å²) in [4.78, 5) is 11.9. The van der Waals surface area contributed by atoms with Gasteiger partial charge in [-0.05, 0) is 42.0 Å². The highest BCUT2D eigenvalue weighted by atomic mass is 19.4. The molecule has 0 fully saturated rings. The molecule has 2 rings (SSSR count). The van der Waals surface area contributed by atoms with Gasteiger partial charge < -0.3 is 9.47 Å². The van der Waals surface area contributed by atoms with E-state index < -0.39 is 17.6 Å². The standard InChI is InChI=1S/C18H14F3N3O3/c1-26-16-9-12(5-6-15(16)27-8-7-22)11-23-24-17(25)13-3-2-4-14(10-13)18(19,20)21/h2-6,9-11H,8H2,1H3,(H,24,25)/b23-11-. The molecular weight excluding hydrogens is 363 g/mol. The molecule has 0 spiro atoms. The highest BCUT2D eigenvalue weighted by Crippen LogP contribution is 2.29. The highest BCUT2D eigenvalue weighted by molar-refractivity contribution is 5.95. The average molecular weight is 377 g/mol. The zero-order valence-corrected chi connectivity index (χ0v) is 14.1. The summed E-state index contributed by atoms with van der Waals surface area (Å²) in [6.45, 7) is -0.142. The topological polar surface area (TPSA) is 83.7 Å². The third-order valence-corrected chi connectivity index (χ3v) is 3.31. The summed E-state index contributed by atoms with van der Waals surface area (Å²) in [6.07, 6.45) is -3.24. The number of rotatable bonds is 6. The minimum Gasteiger partial charge on any atom is -0.493 e. The lowest BCUT2D eigenvalue weighted by Gasteiger charge is -2.09. The molecule has 0 aromatic heterocycles. The van der Waals surface area contributed by atoms with Crippen molar-refractivity contribution in [1.29, 1.82) is 5.26 Å². The van der Waals surface area contributed by atoms with Gasteiger partial charge in [-0.2, -0.15) is 23.5 Å². The molecule has 2 aromatic rings. The number of nitrogens with zero attached hydrogens (tertiary/aromatic N) is 2. The quantitative estimate of drug-likeness (QED) is 0.618. The van der Waals surface area contributed by atoms with Crippen LogP contribution < -0.4 is 14.9 Å². The van der Waals surface area contributed by atoms with Crippen LogP contribution in [0.25, 0.3) is 0 Å². The summed E-state index contributed by atoms with van der Waals surface area (Å²) in [5.41, 5.74) is 1.62. The van der Waals surface area contributed by atoms with Crippen molar-refractivity contribution in [3.63, 3.8) is 0 Å². The van der Waals surface area contributed by atoms with Gasteiger partial charge in [-0.3, -0.25) is 4.79 Å². The van der Waals surface area contributed by atoms with Crippen LogP contribution in [0.15, 0.2) is 47.6 Å². The van der Waals surface area contributed by atoms with Gasteiger partial charge >= 0.3 is 6.18 Å². The van der Waals surface area contributed by atoms with Gasteiger partial charge in [0.2, 0.25) is 0 Å². The maximum atomic E-state index is 12.7. The first-order valence-corrected chi connectivity index (χ1v) is 7.53. The lowest BCUT2D eigenvalue weighted by molar-refractivity contribution is -0.137. The van der Waals surface area contributed by atoms with Crippen LogP contribution in [0.1, 0.15) is 21.5 Å². The zero-order chi connectivity index (χ0) is 19.9. The number of carbonyl (C=O) groups excluding carboxylic acids is 1. The Kier molecular flexibility index (Phi) is 6.38.